The van der Waals surface area contributed by atoms with Crippen molar-refractivity contribution in [3.63, 3.8) is 0 Å². The van der Waals surface area contributed by atoms with Gasteiger partial charge in [-0.05, 0) is 6.07 Å². The summed E-state index contributed by atoms with van der Waals surface area (Å²) >= 11 is 0. The molecule has 3 heteroatoms. The molecule has 0 aliphatic carbocycles. The second-order valence-electron chi connectivity index (χ2n) is 2.25. The van der Waals surface area contributed by atoms with E-state index in [1.54, 1.807) is 13.9 Å². The standard InChI is InChI=1S/C6H7B2F/c7-4-1-2-5(8)6(9)3-4/h1-3H,7-8H2. The molecule has 0 nitrogen and oxygen atoms in total. The average Bonchev–Trinajstić information content (AvgIpc) is 1.80. The first-order valence-electron chi connectivity index (χ1n) is 2.93. The Morgan fingerprint density at radius 2 is 1.89 bits per heavy atom. The molecule has 1 rings (SSSR count). The third-order valence-electron chi connectivity index (χ3n) is 1.33. The number of benzene rings is 1. The number of halogens is 1. The first-order chi connectivity index (χ1) is 4.20. The van der Waals surface area contributed by atoms with Gasteiger partial charge in [0.1, 0.15) is 21.5 Å². The summed E-state index contributed by atoms with van der Waals surface area (Å²) in [6.07, 6.45) is 0. The van der Waals surface area contributed by atoms with E-state index in [0.717, 1.165) is 5.46 Å². The molecule has 0 N–H and O–H groups in total. The fraction of sp³-hybridized carbons (Fsp3) is 0. The van der Waals surface area contributed by atoms with Crippen LogP contribution < -0.4 is 10.9 Å². The van der Waals surface area contributed by atoms with Crippen molar-refractivity contribution in [3.05, 3.63) is 24.0 Å². The Balaban J connectivity index is 3.17. The molecule has 0 aliphatic rings. The Kier molecular flexibility index (Phi) is 1.60. The number of rotatable bonds is 0. The predicted octanol–water partition coefficient (Wildman–Crippen LogP) is -1.66. The largest absolute Gasteiger partial charge is 0.208 e. The first kappa shape index (κ1) is 6.40. The van der Waals surface area contributed by atoms with E-state index in [1.165, 1.54) is 6.07 Å². The summed E-state index contributed by atoms with van der Waals surface area (Å²) in [5, 5.41) is 0. The fourth-order valence-electron chi connectivity index (χ4n) is 0.698. The first-order valence-corrected chi connectivity index (χ1v) is 2.93. The van der Waals surface area contributed by atoms with Gasteiger partial charge in [0.05, 0.1) is 0 Å². The Labute approximate surface area is 55.9 Å². The molecule has 0 spiro atoms. The third kappa shape index (κ3) is 1.35. The fourth-order valence-corrected chi connectivity index (χ4v) is 0.698. The summed E-state index contributed by atoms with van der Waals surface area (Å²) in [5.74, 6) is -0.116. The maximum absolute atomic E-state index is 12.6. The van der Waals surface area contributed by atoms with Crippen molar-refractivity contribution in [2.45, 2.75) is 0 Å². The van der Waals surface area contributed by atoms with Crippen LogP contribution in [0.3, 0.4) is 0 Å². The van der Waals surface area contributed by atoms with Crippen molar-refractivity contribution in [2.75, 3.05) is 0 Å². The summed E-state index contributed by atoms with van der Waals surface area (Å²) in [6.45, 7) is 0. The van der Waals surface area contributed by atoms with E-state index in [2.05, 4.69) is 0 Å². The van der Waals surface area contributed by atoms with Crippen LogP contribution in [0, 0.1) is 5.82 Å². The highest BCUT2D eigenvalue weighted by Crippen LogP contribution is 1.85. The normalized spacial score (nSPS) is 9.44. The van der Waals surface area contributed by atoms with E-state index in [4.69, 9.17) is 0 Å². The van der Waals surface area contributed by atoms with E-state index >= 15 is 0 Å². The third-order valence-corrected chi connectivity index (χ3v) is 1.33. The lowest BCUT2D eigenvalue weighted by atomic mass is 9.89. The molecular formula is C6H7B2F. The van der Waals surface area contributed by atoms with E-state index < -0.39 is 0 Å². The minimum Gasteiger partial charge on any atom is -0.208 e. The Morgan fingerprint density at radius 1 is 1.22 bits per heavy atom. The van der Waals surface area contributed by atoms with Gasteiger partial charge < -0.3 is 0 Å². The topological polar surface area (TPSA) is 0 Å². The van der Waals surface area contributed by atoms with Crippen LogP contribution in [0.5, 0.6) is 0 Å². The van der Waals surface area contributed by atoms with Crippen molar-refractivity contribution in [1.29, 1.82) is 0 Å². The van der Waals surface area contributed by atoms with Crippen LogP contribution in [0.25, 0.3) is 0 Å². The van der Waals surface area contributed by atoms with Crippen molar-refractivity contribution in [3.8, 4) is 0 Å². The Hall–Kier alpha value is -0.720. The van der Waals surface area contributed by atoms with E-state index in [9.17, 15) is 4.39 Å². The molecule has 0 bridgehead atoms. The van der Waals surface area contributed by atoms with Gasteiger partial charge in [-0.3, -0.25) is 0 Å². The molecule has 0 heterocycles. The highest BCUT2D eigenvalue weighted by molar-refractivity contribution is 6.35. The lowest BCUT2D eigenvalue weighted by molar-refractivity contribution is 0.637. The van der Waals surface area contributed by atoms with E-state index in [1.807, 2.05) is 13.9 Å². The minimum absolute atomic E-state index is 0.116. The highest BCUT2D eigenvalue weighted by atomic mass is 19.1. The molecule has 0 fully saturated rings. The zero-order valence-corrected chi connectivity index (χ0v) is 5.61. The van der Waals surface area contributed by atoms with Gasteiger partial charge in [0.2, 0.25) is 0 Å². The van der Waals surface area contributed by atoms with Gasteiger partial charge in [0, 0.05) is 0 Å². The van der Waals surface area contributed by atoms with Crippen molar-refractivity contribution in [2.24, 2.45) is 0 Å². The molecule has 0 amide bonds. The number of hydrogen-bond donors (Lipinski definition) is 0. The molecule has 9 heavy (non-hydrogen) atoms. The maximum Gasteiger partial charge on any atom is 0.143 e. The minimum atomic E-state index is -0.116. The van der Waals surface area contributed by atoms with Gasteiger partial charge >= 0.3 is 0 Å². The number of hydrogen-bond acceptors (Lipinski definition) is 0. The van der Waals surface area contributed by atoms with E-state index in [0.29, 0.717) is 5.46 Å². The van der Waals surface area contributed by atoms with Crippen LogP contribution >= 0.6 is 0 Å². The summed E-state index contributed by atoms with van der Waals surface area (Å²) in [5.41, 5.74) is 1.68. The molecule has 0 aromatic heterocycles. The van der Waals surface area contributed by atoms with Crippen molar-refractivity contribution in [1.82, 2.24) is 0 Å². The van der Waals surface area contributed by atoms with E-state index in [-0.39, 0.29) is 5.82 Å². The molecule has 0 unspecified atom stereocenters. The second-order valence-corrected chi connectivity index (χ2v) is 2.25. The van der Waals surface area contributed by atoms with Crippen LogP contribution in [0.4, 0.5) is 4.39 Å². The van der Waals surface area contributed by atoms with Gasteiger partial charge in [0.15, 0.2) is 0 Å². The van der Waals surface area contributed by atoms with Gasteiger partial charge in [0.25, 0.3) is 0 Å². The Bertz CT molecular complexity index is 222. The lowest BCUT2D eigenvalue weighted by Crippen LogP contribution is -2.14. The molecule has 1 aromatic carbocycles. The highest BCUT2D eigenvalue weighted by Gasteiger charge is 1.93. The molecule has 0 saturated carbocycles. The second kappa shape index (κ2) is 2.26. The zero-order valence-electron chi connectivity index (χ0n) is 5.61. The van der Waals surface area contributed by atoms with Crippen LogP contribution in [-0.4, -0.2) is 15.7 Å². The zero-order chi connectivity index (χ0) is 6.85. The lowest BCUT2D eigenvalue weighted by Gasteiger charge is -1.95. The van der Waals surface area contributed by atoms with Crippen molar-refractivity contribution >= 4 is 26.6 Å². The monoisotopic (exact) mass is 120 g/mol. The molecule has 1 aromatic rings. The smallest absolute Gasteiger partial charge is 0.143 e. The molecular weight excluding hydrogens is 113 g/mol. The van der Waals surface area contributed by atoms with Gasteiger partial charge in [-0.25, -0.2) is 4.39 Å². The molecule has 0 saturated heterocycles. The van der Waals surface area contributed by atoms with Crippen LogP contribution in [0.2, 0.25) is 0 Å². The molecule has 0 radical (unpaired) electrons. The summed E-state index contributed by atoms with van der Waals surface area (Å²) in [7, 11) is 3.64. The quantitative estimate of drug-likeness (QED) is 0.359. The van der Waals surface area contributed by atoms with Crippen LogP contribution in [0.1, 0.15) is 0 Å². The van der Waals surface area contributed by atoms with Gasteiger partial charge in [-0.1, -0.05) is 23.1 Å². The maximum atomic E-state index is 12.6. The van der Waals surface area contributed by atoms with Crippen LogP contribution in [0.15, 0.2) is 18.2 Å². The molecule has 0 atom stereocenters. The van der Waals surface area contributed by atoms with Crippen LogP contribution in [-0.2, 0) is 0 Å². The SMILES string of the molecule is Bc1ccc(B)c(F)c1. The predicted molar refractivity (Wildman–Crippen MR) is 42.8 cm³/mol. The Morgan fingerprint density at radius 3 is 2.33 bits per heavy atom. The average molecular weight is 120 g/mol. The van der Waals surface area contributed by atoms with Gasteiger partial charge in [-0.15, -0.1) is 0 Å². The molecule has 0 aliphatic heterocycles. The summed E-state index contributed by atoms with van der Waals surface area (Å²) in [6, 6.07) is 5.22. The van der Waals surface area contributed by atoms with Crippen molar-refractivity contribution < 1.29 is 4.39 Å². The molecule has 44 valence electrons. The summed E-state index contributed by atoms with van der Waals surface area (Å²) < 4.78 is 12.6. The van der Waals surface area contributed by atoms with Gasteiger partial charge in [-0.2, -0.15) is 0 Å². The summed E-state index contributed by atoms with van der Waals surface area (Å²) in [4.78, 5) is 0.